The summed E-state index contributed by atoms with van der Waals surface area (Å²) < 4.78 is 22.1. The Morgan fingerprint density at radius 1 is 1.07 bits per heavy atom. The molecular weight excluding hydrogens is 560 g/mol. The molecule has 0 atom stereocenters. The average molecular weight is 588 g/mol. The number of rotatable bonds is 7. The molecule has 0 amide bonds. The summed E-state index contributed by atoms with van der Waals surface area (Å²) in [6.45, 7) is 4.41. The average Bonchev–Trinajstić information content (AvgIpc) is 2.78. The van der Waals surface area contributed by atoms with Crippen LogP contribution in [0.1, 0.15) is 45.1 Å². The van der Waals surface area contributed by atoms with Crippen LogP contribution in [0, 0.1) is 0 Å². The van der Waals surface area contributed by atoms with Crippen molar-refractivity contribution in [1.29, 1.82) is 0 Å². The fourth-order valence-electron chi connectivity index (χ4n) is 3.40. The van der Waals surface area contributed by atoms with Crippen LogP contribution >= 0.6 is 27.5 Å². The molecule has 1 aliphatic rings. The zero-order valence-corrected chi connectivity index (χ0v) is 22.3. The summed E-state index contributed by atoms with van der Waals surface area (Å²) in [5.41, 5.74) is 1.61. The van der Waals surface area contributed by atoms with Gasteiger partial charge < -0.3 is 0 Å². The van der Waals surface area contributed by atoms with E-state index >= 15 is 0 Å². The molecule has 156 valence electrons. The van der Waals surface area contributed by atoms with Gasteiger partial charge in [0.15, 0.2) is 0 Å². The van der Waals surface area contributed by atoms with E-state index in [0.717, 1.165) is 67.5 Å². The maximum atomic E-state index is 6.89. The van der Waals surface area contributed by atoms with Gasteiger partial charge in [0.25, 0.3) is 0 Å². The van der Waals surface area contributed by atoms with Gasteiger partial charge in [0.1, 0.15) is 0 Å². The number of benzene rings is 2. The first-order valence-corrected chi connectivity index (χ1v) is 17.6. The van der Waals surface area contributed by atoms with Crippen LogP contribution in [0.15, 0.2) is 39.8 Å². The molecule has 0 spiro atoms. The van der Waals surface area contributed by atoms with Crippen LogP contribution in [-0.2, 0) is 0 Å². The van der Waals surface area contributed by atoms with E-state index in [0.29, 0.717) is 5.02 Å². The first-order chi connectivity index (χ1) is 14.0. The van der Waals surface area contributed by atoms with Gasteiger partial charge in [0, 0.05) is 0 Å². The van der Waals surface area contributed by atoms with Crippen LogP contribution in [0.25, 0.3) is 0 Å². The summed E-state index contributed by atoms with van der Waals surface area (Å²) in [7, 11) is 1.67. The van der Waals surface area contributed by atoms with Crippen molar-refractivity contribution in [2.45, 2.75) is 48.4 Å². The van der Waals surface area contributed by atoms with E-state index in [1.54, 1.807) is 7.11 Å². The predicted octanol–water partition coefficient (Wildman–Crippen LogP) is 7.68. The predicted molar refractivity (Wildman–Crippen MR) is 126 cm³/mol. The van der Waals surface area contributed by atoms with Crippen molar-refractivity contribution in [3.63, 3.8) is 0 Å². The van der Waals surface area contributed by atoms with Crippen LogP contribution in [0.3, 0.4) is 0 Å². The zero-order chi connectivity index (χ0) is 20.9. The first kappa shape index (κ1) is 22.8. The van der Waals surface area contributed by atoms with E-state index in [1.165, 1.54) is 0 Å². The molecule has 0 fully saturated rings. The van der Waals surface area contributed by atoms with E-state index < -0.39 is 19.2 Å². The van der Waals surface area contributed by atoms with E-state index in [-0.39, 0.29) is 0 Å². The van der Waals surface area contributed by atoms with Crippen LogP contribution in [-0.4, -0.2) is 32.5 Å². The molecule has 1 heterocycles. The monoisotopic (exact) mass is 587 g/mol. The Hall–Kier alpha value is -0.921. The van der Waals surface area contributed by atoms with Gasteiger partial charge in [-0.1, -0.05) is 0 Å². The molecule has 0 unspecified atom stereocenters. The van der Waals surface area contributed by atoms with Crippen LogP contribution in [0.2, 0.25) is 13.9 Å². The topological polar surface area (TPSA) is 40.0 Å². The third-order valence-corrected chi connectivity index (χ3v) is 15.4. The van der Waals surface area contributed by atoms with Crippen molar-refractivity contribution in [3.8, 4) is 17.2 Å². The summed E-state index contributed by atoms with van der Waals surface area (Å²) in [6.07, 6.45) is 6.16. The fourth-order valence-corrected chi connectivity index (χ4v) is 15.2. The second-order valence-electron chi connectivity index (χ2n) is 7.19. The van der Waals surface area contributed by atoms with Gasteiger partial charge in [-0.3, -0.25) is 0 Å². The molecular formula is C22H27BrClNO3Sn. The molecule has 0 saturated heterocycles. The van der Waals surface area contributed by atoms with Crippen molar-refractivity contribution in [2.75, 3.05) is 7.11 Å². The molecule has 0 aromatic heterocycles. The minimum atomic E-state index is -3.62. The van der Waals surface area contributed by atoms with E-state index in [1.807, 2.05) is 36.5 Å². The Morgan fingerprint density at radius 3 is 2.41 bits per heavy atom. The molecule has 0 saturated carbocycles. The van der Waals surface area contributed by atoms with E-state index in [4.69, 9.17) is 27.5 Å². The second kappa shape index (κ2) is 10.4. The van der Waals surface area contributed by atoms with E-state index in [2.05, 4.69) is 29.8 Å². The third-order valence-electron chi connectivity index (χ3n) is 4.96. The van der Waals surface area contributed by atoms with Gasteiger partial charge in [-0.25, -0.2) is 0 Å². The molecule has 4 nitrogen and oxygen atoms in total. The number of halogens is 2. The van der Waals surface area contributed by atoms with E-state index in [9.17, 15) is 0 Å². The Morgan fingerprint density at radius 2 is 1.76 bits per heavy atom. The SMILES string of the molecule is CCC[CH2][Sn]1([CH2]CCC)[O]c2c(Br)cc(Cl)cc2N=Cc2cccc(OC)c2[O]1. The van der Waals surface area contributed by atoms with Crippen molar-refractivity contribution >= 4 is 58.6 Å². The molecule has 2 aromatic rings. The number of ether oxygens (including phenoxy) is 1. The zero-order valence-electron chi connectivity index (χ0n) is 17.1. The Labute approximate surface area is 191 Å². The molecule has 0 bridgehead atoms. The second-order valence-corrected chi connectivity index (χ2v) is 17.7. The van der Waals surface area contributed by atoms with Crippen molar-refractivity contribution in [1.82, 2.24) is 0 Å². The Balaban J connectivity index is 2.21. The summed E-state index contributed by atoms with van der Waals surface area (Å²) in [4.78, 5) is 4.70. The van der Waals surface area contributed by atoms with Crippen molar-refractivity contribution in [3.05, 3.63) is 45.4 Å². The van der Waals surface area contributed by atoms with Gasteiger partial charge in [-0.2, -0.15) is 0 Å². The summed E-state index contributed by atoms with van der Waals surface area (Å²) in [6, 6.07) is 9.59. The molecule has 0 N–H and O–H groups in total. The van der Waals surface area contributed by atoms with Gasteiger partial charge in [-0.15, -0.1) is 0 Å². The number of nitrogens with zero attached hydrogens (tertiary/aromatic N) is 1. The van der Waals surface area contributed by atoms with Gasteiger partial charge in [-0.05, 0) is 0 Å². The van der Waals surface area contributed by atoms with Gasteiger partial charge in [0.2, 0.25) is 0 Å². The number of aliphatic imine (C=N–C) groups is 1. The molecule has 0 radical (unpaired) electrons. The number of hydrogen-bond acceptors (Lipinski definition) is 4. The summed E-state index contributed by atoms with van der Waals surface area (Å²) in [5, 5.41) is 0.616. The summed E-state index contributed by atoms with van der Waals surface area (Å²) >= 11 is 6.33. The Kier molecular flexibility index (Phi) is 8.16. The molecule has 0 aliphatic carbocycles. The van der Waals surface area contributed by atoms with Crippen LogP contribution < -0.4 is 10.9 Å². The molecule has 2 aromatic carbocycles. The van der Waals surface area contributed by atoms with Crippen molar-refractivity contribution in [2.24, 2.45) is 4.99 Å². The molecule has 1 aliphatic heterocycles. The minimum absolute atomic E-state index is 0.616. The first-order valence-electron chi connectivity index (χ1n) is 10.1. The number of para-hydroxylation sites is 1. The van der Waals surface area contributed by atoms with Crippen LogP contribution in [0.5, 0.6) is 17.2 Å². The quantitative estimate of drug-likeness (QED) is 0.312. The molecule has 29 heavy (non-hydrogen) atoms. The number of fused-ring (bicyclic) bond motifs is 2. The van der Waals surface area contributed by atoms with Gasteiger partial charge in [0.05, 0.1) is 0 Å². The van der Waals surface area contributed by atoms with Gasteiger partial charge >= 0.3 is 193 Å². The molecule has 7 heteroatoms. The number of unbranched alkanes of at least 4 members (excludes halogenated alkanes) is 2. The number of hydrogen-bond donors (Lipinski definition) is 0. The van der Waals surface area contributed by atoms with Crippen molar-refractivity contribution < 1.29 is 10.9 Å². The Bertz CT molecular complexity index is 883. The standard InChI is InChI=1S/C14H11BrClNO3.2C4H9.Sn/c1-20-12-4-2-3-8(13(12)18)7-17-11-6-9(16)5-10(15)14(11)19;2*1-3-4-2;/h2-7,18-19H,1H3;2*1,3-4H2,2H3;/q;;;+2/p-2. The maximum absolute atomic E-state index is 6.89. The molecule has 3 rings (SSSR count). The van der Waals surface area contributed by atoms with Crippen LogP contribution in [0.4, 0.5) is 5.69 Å². The third kappa shape index (κ3) is 5.42. The summed E-state index contributed by atoms with van der Waals surface area (Å²) in [5.74, 6) is 2.20. The fraction of sp³-hybridized carbons (Fsp3) is 0.409. The number of methoxy groups -OCH3 is 1. The normalized spacial score (nSPS) is 14.5.